The zero-order chi connectivity index (χ0) is 7.56. The maximum atomic E-state index is 10.2. The lowest BCUT2D eigenvalue weighted by molar-refractivity contribution is -0.107. The summed E-state index contributed by atoms with van der Waals surface area (Å²) in [4.78, 5) is 11.7. The van der Waals surface area contributed by atoms with Gasteiger partial charge in [0.05, 0.1) is 6.20 Å². The van der Waals surface area contributed by atoms with Crippen LogP contribution < -0.4 is 4.90 Å². The predicted octanol–water partition coefficient (Wildman–Crippen LogP) is 0.0127. The Bertz CT molecular complexity index is 231. The molecule has 0 aliphatic carbocycles. The molecule has 54 valence electrons. The molecule has 1 rings (SSSR count). The molecule has 4 nitrogen and oxygen atoms in total. The number of hydrogen-bond donors (Lipinski definition) is 0. The number of anilines is 1. The van der Waals surface area contributed by atoms with E-state index in [1.54, 1.807) is 31.0 Å². The van der Waals surface area contributed by atoms with Crippen LogP contribution in [0.2, 0.25) is 0 Å². The van der Waals surface area contributed by atoms with E-state index >= 15 is 0 Å². The maximum absolute atomic E-state index is 10.2. The fourth-order valence-electron chi connectivity index (χ4n) is 0.767. The Hall–Kier alpha value is -1.32. The lowest BCUT2D eigenvalue weighted by Crippen LogP contribution is -2.16. The van der Waals surface area contributed by atoms with Gasteiger partial charge in [-0.25, -0.2) is 0 Å². The van der Waals surface area contributed by atoms with Gasteiger partial charge in [-0.05, 0) is 0 Å². The Morgan fingerprint density at radius 3 is 2.90 bits per heavy atom. The van der Waals surface area contributed by atoms with Gasteiger partial charge in [0.15, 0.2) is 0 Å². The summed E-state index contributed by atoms with van der Waals surface area (Å²) in [5.41, 5.74) is 0. The van der Waals surface area contributed by atoms with Gasteiger partial charge in [0.2, 0.25) is 6.41 Å². The number of aromatic nitrogens is 2. The summed E-state index contributed by atoms with van der Waals surface area (Å²) in [6.07, 6.45) is 2.40. The van der Waals surface area contributed by atoms with Crippen molar-refractivity contribution in [2.24, 2.45) is 7.05 Å². The lowest BCUT2D eigenvalue weighted by atomic mass is 10.6. The van der Waals surface area contributed by atoms with Crippen LogP contribution in [0.4, 0.5) is 5.82 Å². The molecule has 1 heterocycles. The van der Waals surface area contributed by atoms with Crippen LogP contribution in [0.5, 0.6) is 0 Å². The van der Waals surface area contributed by atoms with E-state index in [-0.39, 0.29) is 0 Å². The van der Waals surface area contributed by atoms with Crippen LogP contribution in [0.1, 0.15) is 0 Å². The van der Waals surface area contributed by atoms with Crippen molar-refractivity contribution >= 4 is 12.2 Å². The minimum atomic E-state index is 0.747. The van der Waals surface area contributed by atoms with Crippen LogP contribution in [0.15, 0.2) is 12.3 Å². The Morgan fingerprint density at radius 2 is 2.50 bits per heavy atom. The molecule has 1 aromatic rings. The Kier molecular flexibility index (Phi) is 1.71. The normalized spacial score (nSPS) is 9.40. The van der Waals surface area contributed by atoms with E-state index in [1.807, 2.05) is 0 Å². The summed E-state index contributed by atoms with van der Waals surface area (Å²) in [7, 11) is 3.47. The first-order valence-corrected chi connectivity index (χ1v) is 2.92. The molecule has 0 radical (unpaired) electrons. The van der Waals surface area contributed by atoms with Crippen LogP contribution in [0.3, 0.4) is 0 Å². The van der Waals surface area contributed by atoms with Crippen molar-refractivity contribution in [1.82, 2.24) is 9.78 Å². The van der Waals surface area contributed by atoms with Gasteiger partial charge in [0.1, 0.15) is 5.82 Å². The van der Waals surface area contributed by atoms with Crippen LogP contribution in [0, 0.1) is 0 Å². The number of aryl methyl sites for hydroxylation is 1. The first-order valence-electron chi connectivity index (χ1n) is 2.92. The van der Waals surface area contributed by atoms with Crippen molar-refractivity contribution < 1.29 is 4.79 Å². The molecule has 0 N–H and O–H groups in total. The van der Waals surface area contributed by atoms with Gasteiger partial charge in [0, 0.05) is 20.2 Å². The molecule has 0 saturated carbocycles. The van der Waals surface area contributed by atoms with Crippen molar-refractivity contribution in [2.75, 3.05) is 11.9 Å². The first kappa shape index (κ1) is 6.80. The number of carbonyl (C=O) groups excluding carboxylic acids is 1. The van der Waals surface area contributed by atoms with E-state index in [4.69, 9.17) is 0 Å². The van der Waals surface area contributed by atoms with Gasteiger partial charge < -0.3 is 4.90 Å². The molecule has 0 atom stereocenters. The third-order valence-corrected chi connectivity index (χ3v) is 1.31. The largest absolute Gasteiger partial charge is 0.303 e. The molecule has 0 aliphatic heterocycles. The smallest absolute Gasteiger partial charge is 0.215 e. The van der Waals surface area contributed by atoms with Gasteiger partial charge in [-0.3, -0.25) is 9.48 Å². The molecule has 0 unspecified atom stereocenters. The summed E-state index contributed by atoms with van der Waals surface area (Å²) in [6.45, 7) is 0. The highest BCUT2D eigenvalue weighted by Crippen LogP contribution is 2.06. The van der Waals surface area contributed by atoms with E-state index in [9.17, 15) is 4.79 Å². The van der Waals surface area contributed by atoms with E-state index in [0.717, 1.165) is 12.2 Å². The highest BCUT2D eigenvalue weighted by atomic mass is 16.1. The first-order chi connectivity index (χ1) is 4.75. The number of rotatable bonds is 2. The highest BCUT2D eigenvalue weighted by molar-refractivity contribution is 5.71. The van der Waals surface area contributed by atoms with E-state index in [2.05, 4.69) is 5.10 Å². The standard InChI is InChI=1S/C6H9N3O/c1-8(5-10)6-3-4-7-9(6)2/h3-5H,1-2H3. The Balaban J connectivity index is 2.92. The van der Waals surface area contributed by atoms with Crippen LogP contribution >= 0.6 is 0 Å². The molecule has 0 fully saturated rings. The number of hydrogen-bond acceptors (Lipinski definition) is 2. The third-order valence-electron chi connectivity index (χ3n) is 1.31. The molecule has 1 amide bonds. The van der Waals surface area contributed by atoms with Crippen LogP contribution in [-0.2, 0) is 11.8 Å². The zero-order valence-electron chi connectivity index (χ0n) is 5.98. The summed E-state index contributed by atoms with van der Waals surface area (Å²) >= 11 is 0. The Morgan fingerprint density at radius 1 is 1.80 bits per heavy atom. The van der Waals surface area contributed by atoms with Crippen molar-refractivity contribution in [3.8, 4) is 0 Å². The quantitative estimate of drug-likeness (QED) is 0.541. The predicted molar refractivity (Wildman–Crippen MR) is 37.7 cm³/mol. The maximum Gasteiger partial charge on any atom is 0.215 e. The molecule has 0 bridgehead atoms. The molecule has 0 aromatic carbocycles. The highest BCUT2D eigenvalue weighted by Gasteiger charge is 2.00. The molecule has 0 saturated heterocycles. The monoisotopic (exact) mass is 139 g/mol. The van der Waals surface area contributed by atoms with Gasteiger partial charge in [0.25, 0.3) is 0 Å². The topological polar surface area (TPSA) is 38.1 Å². The summed E-state index contributed by atoms with van der Waals surface area (Å²) in [6, 6.07) is 1.77. The fourth-order valence-corrected chi connectivity index (χ4v) is 0.767. The van der Waals surface area contributed by atoms with Crippen LogP contribution in [0.25, 0.3) is 0 Å². The molecular formula is C6H9N3O. The van der Waals surface area contributed by atoms with Gasteiger partial charge in [-0.2, -0.15) is 5.10 Å². The van der Waals surface area contributed by atoms with Crippen LogP contribution in [-0.4, -0.2) is 23.2 Å². The summed E-state index contributed by atoms with van der Waals surface area (Å²) < 4.78 is 1.63. The minimum Gasteiger partial charge on any atom is -0.303 e. The van der Waals surface area contributed by atoms with E-state index in [1.165, 1.54) is 4.90 Å². The second kappa shape index (κ2) is 2.51. The average molecular weight is 139 g/mol. The van der Waals surface area contributed by atoms with Crippen molar-refractivity contribution in [3.63, 3.8) is 0 Å². The molecule has 0 aliphatic rings. The lowest BCUT2D eigenvalue weighted by Gasteiger charge is -2.08. The molecular weight excluding hydrogens is 130 g/mol. The Labute approximate surface area is 59.1 Å². The second-order valence-electron chi connectivity index (χ2n) is 2.03. The van der Waals surface area contributed by atoms with Gasteiger partial charge in [-0.15, -0.1) is 0 Å². The molecule has 10 heavy (non-hydrogen) atoms. The van der Waals surface area contributed by atoms with Crippen molar-refractivity contribution in [3.05, 3.63) is 12.3 Å². The van der Waals surface area contributed by atoms with Gasteiger partial charge >= 0.3 is 0 Å². The van der Waals surface area contributed by atoms with E-state index < -0.39 is 0 Å². The van der Waals surface area contributed by atoms with Crippen molar-refractivity contribution in [2.45, 2.75) is 0 Å². The number of amides is 1. The SMILES string of the molecule is CN(C=O)c1ccnn1C. The third kappa shape index (κ3) is 1.00. The fraction of sp³-hybridized carbons (Fsp3) is 0.333. The zero-order valence-corrected chi connectivity index (χ0v) is 5.98. The van der Waals surface area contributed by atoms with E-state index in [0.29, 0.717) is 0 Å². The summed E-state index contributed by atoms with van der Waals surface area (Å²) in [5.74, 6) is 0.787. The summed E-state index contributed by atoms with van der Waals surface area (Å²) in [5, 5.41) is 3.90. The van der Waals surface area contributed by atoms with Gasteiger partial charge in [-0.1, -0.05) is 0 Å². The number of nitrogens with zero attached hydrogens (tertiary/aromatic N) is 3. The molecule has 4 heteroatoms. The minimum absolute atomic E-state index is 0.747. The number of carbonyl (C=O) groups is 1. The van der Waals surface area contributed by atoms with Crippen molar-refractivity contribution in [1.29, 1.82) is 0 Å². The average Bonchev–Trinajstić information content (AvgIpc) is 2.34. The molecule has 0 spiro atoms. The molecule has 1 aromatic heterocycles. The second-order valence-corrected chi connectivity index (χ2v) is 2.03.